The van der Waals surface area contributed by atoms with Crippen molar-refractivity contribution in [2.24, 2.45) is 0 Å². The predicted octanol–water partition coefficient (Wildman–Crippen LogP) is 1.40. The lowest BCUT2D eigenvalue weighted by Gasteiger charge is -2.35. The van der Waals surface area contributed by atoms with Gasteiger partial charge in [0.1, 0.15) is 12.4 Å². The first kappa shape index (κ1) is 16.3. The molecule has 1 atom stereocenters. The predicted molar refractivity (Wildman–Crippen MR) is 85.9 cm³/mol. The average Bonchev–Trinajstić information content (AvgIpc) is 2.49. The molecule has 0 spiro atoms. The van der Waals surface area contributed by atoms with E-state index in [9.17, 15) is 0 Å². The quantitative estimate of drug-likeness (QED) is 0.746. The Morgan fingerprint density at radius 1 is 1.33 bits per heavy atom. The van der Waals surface area contributed by atoms with Crippen molar-refractivity contribution in [3.05, 3.63) is 24.3 Å². The number of piperidine rings is 1. The number of likely N-dealkylation sites (tertiary alicyclic amines) is 1. The lowest BCUT2D eigenvalue weighted by Crippen LogP contribution is -2.41. The van der Waals surface area contributed by atoms with E-state index >= 15 is 0 Å². The fourth-order valence-electron chi connectivity index (χ4n) is 3.06. The van der Waals surface area contributed by atoms with Gasteiger partial charge in [0.15, 0.2) is 0 Å². The highest BCUT2D eigenvalue weighted by Gasteiger charge is 2.21. The van der Waals surface area contributed by atoms with Crippen LogP contribution in [0.4, 0.5) is 0 Å². The number of hydrogen-bond donors (Lipinski definition) is 2. The van der Waals surface area contributed by atoms with Gasteiger partial charge in [-0.15, -0.1) is 0 Å². The number of hydrogen-bond acceptors (Lipinski definition) is 4. The lowest BCUT2D eigenvalue weighted by atomic mass is 9.80. The number of benzene rings is 1. The number of nitrogens with zero attached hydrogens (tertiary/aromatic N) is 1. The van der Waals surface area contributed by atoms with Gasteiger partial charge in [-0.1, -0.05) is 31.9 Å². The molecule has 2 N–H and O–H groups in total. The summed E-state index contributed by atoms with van der Waals surface area (Å²) in [6.45, 7) is 5.00. The molecule has 0 aromatic heterocycles. The van der Waals surface area contributed by atoms with Crippen LogP contribution in [0.2, 0.25) is 0 Å². The van der Waals surface area contributed by atoms with Crippen LogP contribution in [0.1, 0.15) is 39.0 Å². The third-order valence-electron chi connectivity index (χ3n) is 4.17. The van der Waals surface area contributed by atoms with E-state index in [1.165, 1.54) is 38.6 Å². The van der Waals surface area contributed by atoms with Crippen molar-refractivity contribution in [3.8, 4) is 5.75 Å². The van der Waals surface area contributed by atoms with Gasteiger partial charge in [-0.25, -0.2) is 0 Å². The summed E-state index contributed by atoms with van der Waals surface area (Å²) in [5, 5.41) is 18.3. The maximum Gasteiger partial charge on any atom is 0.488 e. The van der Waals surface area contributed by atoms with Gasteiger partial charge in [0, 0.05) is 12.6 Å². The van der Waals surface area contributed by atoms with Crippen LogP contribution >= 0.6 is 0 Å². The van der Waals surface area contributed by atoms with Gasteiger partial charge >= 0.3 is 7.12 Å². The van der Waals surface area contributed by atoms with Gasteiger partial charge in [0.25, 0.3) is 0 Å². The van der Waals surface area contributed by atoms with Crippen molar-refractivity contribution >= 4 is 12.6 Å². The second-order valence-electron chi connectivity index (χ2n) is 5.77. The van der Waals surface area contributed by atoms with Crippen LogP contribution < -0.4 is 10.2 Å². The molecule has 1 aromatic rings. The molecule has 0 saturated carbocycles. The molecule has 2 rings (SSSR count). The summed E-state index contributed by atoms with van der Waals surface area (Å²) >= 11 is 0. The Bertz CT molecular complexity index is 426. The first-order chi connectivity index (χ1) is 10.2. The molecule has 0 aliphatic carbocycles. The van der Waals surface area contributed by atoms with Crippen molar-refractivity contribution in [1.82, 2.24) is 4.90 Å². The molecule has 0 bridgehead atoms. The van der Waals surface area contributed by atoms with Crippen LogP contribution in [0.5, 0.6) is 5.75 Å². The standard InChI is InChI=1S/C16H26BNO3/c1-2-6-15-8-3-4-10-18(15)11-12-21-16-9-5-7-14(13-16)17(19)20/h5,7,9,13,15,19-20H,2-4,6,8,10-12H2,1H3. The van der Waals surface area contributed by atoms with Crippen LogP contribution in [-0.4, -0.2) is 47.8 Å². The first-order valence-corrected chi connectivity index (χ1v) is 8.03. The second-order valence-corrected chi connectivity index (χ2v) is 5.77. The minimum Gasteiger partial charge on any atom is -0.492 e. The van der Waals surface area contributed by atoms with Crippen LogP contribution in [0.15, 0.2) is 24.3 Å². The smallest absolute Gasteiger partial charge is 0.488 e. The van der Waals surface area contributed by atoms with Crippen LogP contribution in [-0.2, 0) is 0 Å². The molecule has 5 heteroatoms. The largest absolute Gasteiger partial charge is 0.492 e. The van der Waals surface area contributed by atoms with E-state index < -0.39 is 7.12 Å². The summed E-state index contributed by atoms with van der Waals surface area (Å²) in [4.78, 5) is 2.54. The Kier molecular flexibility index (Phi) is 6.55. The maximum absolute atomic E-state index is 9.16. The summed E-state index contributed by atoms with van der Waals surface area (Å²) in [7, 11) is -1.44. The van der Waals surface area contributed by atoms with Gasteiger partial charge in [-0.05, 0) is 43.4 Å². The topological polar surface area (TPSA) is 52.9 Å². The SMILES string of the molecule is CCCC1CCCCN1CCOc1cccc(B(O)O)c1. The van der Waals surface area contributed by atoms with E-state index in [4.69, 9.17) is 14.8 Å². The van der Waals surface area contributed by atoms with E-state index in [-0.39, 0.29) is 0 Å². The molecular weight excluding hydrogens is 265 g/mol. The van der Waals surface area contributed by atoms with Crippen LogP contribution in [0.3, 0.4) is 0 Å². The molecule has 1 aliphatic rings. The van der Waals surface area contributed by atoms with Crippen LogP contribution in [0, 0.1) is 0 Å². The first-order valence-electron chi connectivity index (χ1n) is 8.03. The van der Waals surface area contributed by atoms with E-state index in [0.29, 0.717) is 23.9 Å². The molecule has 1 fully saturated rings. The lowest BCUT2D eigenvalue weighted by molar-refractivity contribution is 0.116. The normalized spacial score (nSPS) is 19.5. The molecule has 1 saturated heterocycles. The van der Waals surface area contributed by atoms with Crippen molar-refractivity contribution in [1.29, 1.82) is 0 Å². The molecule has 1 heterocycles. The molecule has 21 heavy (non-hydrogen) atoms. The molecule has 0 amide bonds. The van der Waals surface area contributed by atoms with Gasteiger partial charge in [0.2, 0.25) is 0 Å². The summed E-state index contributed by atoms with van der Waals surface area (Å²) in [5.74, 6) is 0.699. The van der Waals surface area contributed by atoms with E-state index in [1.54, 1.807) is 18.2 Å². The van der Waals surface area contributed by atoms with Crippen molar-refractivity contribution < 1.29 is 14.8 Å². The third-order valence-corrected chi connectivity index (χ3v) is 4.17. The molecular formula is C16H26BNO3. The summed E-state index contributed by atoms with van der Waals surface area (Å²) < 4.78 is 5.76. The molecule has 0 radical (unpaired) electrons. The van der Waals surface area contributed by atoms with Crippen LogP contribution in [0.25, 0.3) is 0 Å². The van der Waals surface area contributed by atoms with Gasteiger partial charge in [0.05, 0.1) is 0 Å². The fraction of sp³-hybridized carbons (Fsp3) is 0.625. The maximum atomic E-state index is 9.16. The number of rotatable bonds is 7. The minimum absolute atomic E-state index is 0.467. The number of ether oxygens (including phenoxy) is 1. The van der Waals surface area contributed by atoms with Crippen molar-refractivity contribution in [2.75, 3.05) is 19.7 Å². The Morgan fingerprint density at radius 2 is 2.19 bits per heavy atom. The third kappa shape index (κ3) is 5.02. The summed E-state index contributed by atoms with van der Waals surface area (Å²) in [6, 6.07) is 7.71. The van der Waals surface area contributed by atoms with Gasteiger partial charge < -0.3 is 14.8 Å². The zero-order valence-corrected chi connectivity index (χ0v) is 12.9. The Morgan fingerprint density at radius 3 is 2.95 bits per heavy atom. The average molecular weight is 291 g/mol. The molecule has 1 aliphatic heterocycles. The Labute approximate surface area is 127 Å². The Hall–Kier alpha value is -1.04. The monoisotopic (exact) mass is 291 g/mol. The highest BCUT2D eigenvalue weighted by molar-refractivity contribution is 6.58. The Balaban J connectivity index is 1.81. The van der Waals surface area contributed by atoms with Gasteiger partial charge in [-0.2, -0.15) is 0 Å². The van der Waals surface area contributed by atoms with Gasteiger partial charge in [-0.3, -0.25) is 4.90 Å². The summed E-state index contributed by atoms with van der Waals surface area (Å²) in [6.07, 6.45) is 6.44. The zero-order chi connectivity index (χ0) is 15.1. The second kappa shape index (κ2) is 8.42. The van der Waals surface area contributed by atoms with E-state index in [2.05, 4.69) is 11.8 Å². The van der Waals surface area contributed by atoms with Crippen molar-refractivity contribution in [3.63, 3.8) is 0 Å². The fourth-order valence-corrected chi connectivity index (χ4v) is 3.06. The minimum atomic E-state index is -1.44. The molecule has 1 unspecified atom stereocenters. The summed E-state index contributed by atoms with van der Waals surface area (Å²) in [5.41, 5.74) is 0.467. The van der Waals surface area contributed by atoms with E-state index in [0.717, 1.165) is 6.54 Å². The molecule has 116 valence electrons. The molecule has 1 aromatic carbocycles. The van der Waals surface area contributed by atoms with E-state index in [1.807, 2.05) is 6.07 Å². The highest BCUT2D eigenvalue weighted by atomic mass is 16.5. The van der Waals surface area contributed by atoms with Crippen molar-refractivity contribution in [2.45, 2.75) is 45.1 Å². The highest BCUT2D eigenvalue weighted by Crippen LogP contribution is 2.20. The molecule has 4 nitrogen and oxygen atoms in total. The zero-order valence-electron chi connectivity index (χ0n) is 12.9.